The fraction of sp³-hybridized carbons (Fsp3) is 0.556. The molecule has 4 rings (SSSR count). The van der Waals surface area contributed by atoms with Crippen molar-refractivity contribution in [2.75, 3.05) is 26.2 Å². The average molecular weight is 452 g/mol. The van der Waals surface area contributed by atoms with Crippen LogP contribution < -0.4 is 5.32 Å². The van der Waals surface area contributed by atoms with Crippen molar-refractivity contribution < 1.29 is 14.0 Å². The first-order valence-electron chi connectivity index (χ1n) is 12.3. The van der Waals surface area contributed by atoms with Gasteiger partial charge >= 0.3 is 0 Å². The van der Waals surface area contributed by atoms with Crippen LogP contribution in [0.15, 0.2) is 47.1 Å². The van der Waals surface area contributed by atoms with Crippen molar-refractivity contribution in [1.29, 1.82) is 0 Å². The summed E-state index contributed by atoms with van der Waals surface area (Å²) >= 11 is 0. The quantitative estimate of drug-likeness (QED) is 0.740. The molecule has 2 aromatic rings. The first kappa shape index (κ1) is 23.6. The van der Waals surface area contributed by atoms with Crippen LogP contribution in [0.1, 0.15) is 68.1 Å². The molecule has 2 amide bonds. The summed E-state index contributed by atoms with van der Waals surface area (Å²) in [5, 5.41) is 3.00. The zero-order valence-electron chi connectivity index (χ0n) is 20.2. The minimum atomic E-state index is 0.0777. The molecule has 0 aliphatic carbocycles. The first-order chi connectivity index (χ1) is 15.8. The van der Waals surface area contributed by atoms with E-state index in [0.717, 1.165) is 63.2 Å². The van der Waals surface area contributed by atoms with Gasteiger partial charge in [-0.2, -0.15) is 0 Å². The second kappa shape index (κ2) is 10.1. The standard InChI is InChI=1S/C27H37N3O3/c1-27(2,3)22-8-6-21(7-9-22)26(32)30-16-12-23(13-17-30)29-14-10-20(11-15-29)25(31)28-19-24-5-4-18-33-24/h4-9,18,20,23H,10-17,19H2,1-3H3,(H,28,31). The molecule has 2 fully saturated rings. The van der Waals surface area contributed by atoms with Crippen molar-refractivity contribution in [2.45, 2.75) is 64.5 Å². The van der Waals surface area contributed by atoms with E-state index in [4.69, 9.17) is 4.42 Å². The number of carbonyl (C=O) groups excluding carboxylic acids is 2. The van der Waals surface area contributed by atoms with E-state index in [-0.39, 0.29) is 23.1 Å². The van der Waals surface area contributed by atoms with Crippen molar-refractivity contribution in [3.63, 3.8) is 0 Å². The molecule has 178 valence electrons. The molecule has 1 aromatic carbocycles. The van der Waals surface area contributed by atoms with Crippen LogP contribution in [0.4, 0.5) is 0 Å². The summed E-state index contributed by atoms with van der Waals surface area (Å²) < 4.78 is 5.29. The molecule has 1 N–H and O–H groups in total. The molecule has 0 saturated carbocycles. The minimum absolute atomic E-state index is 0.0777. The van der Waals surface area contributed by atoms with Crippen LogP contribution in [0.2, 0.25) is 0 Å². The van der Waals surface area contributed by atoms with E-state index in [0.29, 0.717) is 12.6 Å². The molecule has 2 saturated heterocycles. The SMILES string of the molecule is CC(C)(C)c1ccc(C(=O)N2CCC(N3CCC(C(=O)NCc4ccco4)CC3)CC2)cc1. The molecule has 0 spiro atoms. The van der Waals surface area contributed by atoms with Crippen LogP contribution in [0.25, 0.3) is 0 Å². The van der Waals surface area contributed by atoms with Gasteiger partial charge in [-0.3, -0.25) is 9.59 Å². The third kappa shape index (κ3) is 5.85. The predicted octanol–water partition coefficient (Wildman–Crippen LogP) is 4.21. The van der Waals surface area contributed by atoms with Crippen molar-refractivity contribution in [3.8, 4) is 0 Å². The molecule has 2 aliphatic heterocycles. The third-order valence-corrected chi connectivity index (χ3v) is 7.18. The molecule has 0 unspecified atom stereocenters. The number of nitrogens with zero attached hydrogens (tertiary/aromatic N) is 2. The molecule has 0 atom stereocenters. The molecule has 2 aliphatic rings. The Labute approximate surface area is 197 Å². The van der Waals surface area contributed by atoms with Crippen LogP contribution in [0.3, 0.4) is 0 Å². The monoisotopic (exact) mass is 451 g/mol. The Bertz CT molecular complexity index is 915. The van der Waals surface area contributed by atoms with Crippen molar-refractivity contribution in [1.82, 2.24) is 15.1 Å². The van der Waals surface area contributed by atoms with Gasteiger partial charge in [-0.05, 0) is 74.0 Å². The average Bonchev–Trinajstić information content (AvgIpc) is 3.36. The summed E-state index contributed by atoms with van der Waals surface area (Å²) in [4.78, 5) is 30.0. The normalized spacial score (nSPS) is 18.9. The molecule has 3 heterocycles. The number of rotatable bonds is 5. The summed E-state index contributed by atoms with van der Waals surface area (Å²) in [7, 11) is 0. The maximum absolute atomic E-state index is 13.0. The Hall–Kier alpha value is -2.60. The van der Waals surface area contributed by atoms with E-state index in [2.05, 4.69) is 43.1 Å². The van der Waals surface area contributed by atoms with Gasteiger partial charge in [-0.25, -0.2) is 0 Å². The zero-order chi connectivity index (χ0) is 23.4. The maximum atomic E-state index is 13.0. The van der Waals surface area contributed by atoms with Gasteiger partial charge < -0.3 is 19.5 Å². The highest BCUT2D eigenvalue weighted by molar-refractivity contribution is 5.94. The number of piperidine rings is 2. The number of furan rings is 1. The van der Waals surface area contributed by atoms with Crippen LogP contribution >= 0.6 is 0 Å². The van der Waals surface area contributed by atoms with Gasteiger partial charge in [0.15, 0.2) is 0 Å². The lowest BCUT2D eigenvalue weighted by Crippen LogP contribution is -2.50. The second-order valence-corrected chi connectivity index (χ2v) is 10.5. The summed E-state index contributed by atoms with van der Waals surface area (Å²) in [5.41, 5.74) is 2.12. The number of hydrogen-bond donors (Lipinski definition) is 1. The fourth-order valence-corrected chi connectivity index (χ4v) is 4.99. The zero-order valence-corrected chi connectivity index (χ0v) is 20.2. The van der Waals surface area contributed by atoms with Crippen molar-refractivity contribution in [2.24, 2.45) is 5.92 Å². The molecule has 6 nitrogen and oxygen atoms in total. The van der Waals surface area contributed by atoms with Crippen molar-refractivity contribution in [3.05, 3.63) is 59.5 Å². The lowest BCUT2D eigenvalue weighted by Gasteiger charge is -2.41. The molecular weight excluding hydrogens is 414 g/mol. The van der Waals surface area contributed by atoms with E-state index in [1.54, 1.807) is 6.26 Å². The van der Waals surface area contributed by atoms with Gasteiger partial charge in [0.1, 0.15) is 5.76 Å². The maximum Gasteiger partial charge on any atom is 0.253 e. The predicted molar refractivity (Wildman–Crippen MR) is 129 cm³/mol. The molecule has 1 aromatic heterocycles. The van der Waals surface area contributed by atoms with Crippen LogP contribution in [-0.2, 0) is 16.8 Å². The number of likely N-dealkylation sites (tertiary alicyclic amines) is 2. The summed E-state index contributed by atoms with van der Waals surface area (Å²) in [5.74, 6) is 1.13. The summed E-state index contributed by atoms with van der Waals surface area (Å²) in [6.45, 7) is 10.5. The minimum Gasteiger partial charge on any atom is -0.467 e. The second-order valence-electron chi connectivity index (χ2n) is 10.5. The molecule has 0 radical (unpaired) electrons. The highest BCUT2D eigenvalue weighted by atomic mass is 16.3. The Morgan fingerprint density at radius 2 is 1.64 bits per heavy atom. The Morgan fingerprint density at radius 3 is 2.21 bits per heavy atom. The molecular formula is C27H37N3O3. The van der Waals surface area contributed by atoms with Gasteiger partial charge in [0, 0.05) is 30.6 Å². The van der Waals surface area contributed by atoms with E-state index in [1.165, 1.54) is 5.56 Å². The van der Waals surface area contributed by atoms with Crippen LogP contribution in [-0.4, -0.2) is 53.8 Å². The third-order valence-electron chi connectivity index (χ3n) is 7.18. The molecule has 0 bridgehead atoms. The van der Waals surface area contributed by atoms with Crippen molar-refractivity contribution >= 4 is 11.8 Å². The van der Waals surface area contributed by atoms with Gasteiger partial charge in [0.05, 0.1) is 12.8 Å². The van der Waals surface area contributed by atoms with Crippen LogP contribution in [0, 0.1) is 5.92 Å². The number of nitrogens with one attached hydrogen (secondary N) is 1. The number of benzene rings is 1. The lowest BCUT2D eigenvalue weighted by molar-refractivity contribution is -0.127. The van der Waals surface area contributed by atoms with Crippen LogP contribution in [0.5, 0.6) is 0 Å². The summed E-state index contributed by atoms with van der Waals surface area (Å²) in [6, 6.07) is 12.3. The number of amides is 2. The van der Waals surface area contributed by atoms with Gasteiger partial charge in [-0.15, -0.1) is 0 Å². The van der Waals surface area contributed by atoms with Gasteiger partial charge in [0.25, 0.3) is 5.91 Å². The fourth-order valence-electron chi connectivity index (χ4n) is 4.99. The Balaban J connectivity index is 1.21. The van der Waals surface area contributed by atoms with E-state index < -0.39 is 0 Å². The number of carbonyl (C=O) groups is 2. The smallest absolute Gasteiger partial charge is 0.253 e. The van der Waals surface area contributed by atoms with E-state index in [1.807, 2.05) is 29.2 Å². The topological polar surface area (TPSA) is 65.8 Å². The van der Waals surface area contributed by atoms with Gasteiger partial charge in [0.2, 0.25) is 5.91 Å². The van der Waals surface area contributed by atoms with Gasteiger partial charge in [-0.1, -0.05) is 32.9 Å². The number of hydrogen-bond acceptors (Lipinski definition) is 4. The Kier molecular flexibility index (Phi) is 7.23. The lowest BCUT2D eigenvalue weighted by atomic mass is 9.86. The largest absolute Gasteiger partial charge is 0.467 e. The molecule has 6 heteroatoms. The summed E-state index contributed by atoms with van der Waals surface area (Å²) in [6.07, 6.45) is 5.41. The highest BCUT2D eigenvalue weighted by Gasteiger charge is 2.32. The highest BCUT2D eigenvalue weighted by Crippen LogP contribution is 2.26. The Morgan fingerprint density at radius 1 is 0.970 bits per heavy atom. The molecule has 33 heavy (non-hydrogen) atoms. The van der Waals surface area contributed by atoms with E-state index >= 15 is 0 Å². The van der Waals surface area contributed by atoms with E-state index in [9.17, 15) is 9.59 Å². The first-order valence-corrected chi connectivity index (χ1v) is 12.3.